The van der Waals surface area contributed by atoms with Gasteiger partial charge in [-0.1, -0.05) is 38.7 Å². The third kappa shape index (κ3) is 6.27. The summed E-state index contributed by atoms with van der Waals surface area (Å²) in [7, 11) is 0. The van der Waals surface area contributed by atoms with Gasteiger partial charge in [-0.05, 0) is 61.8 Å². The van der Waals surface area contributed by atoms with Crippen LogP contribution in [0.15, 0.2) is 23.2 Å². The molecule has 2 heterocycles. The number of nitrogens with one attached hydrogen (secondary N) is 2. The van der Waals surface area contributed by atoms with Crippen molar-refractivity contribution in [2.45, 2.75) is 84.1 Å². The van der Waals surface area contributed by atoms with Crippen molar-refractivity contribution in [3.8, 4) is 0 Å². The fourth-order valence-electron chi connectivity index (χ4n) is 5.93. The lowest BCUT2D eigenvalue weighted by Crippen LogP contribution is -2.51. The highest BCUT2D eigenvalue weighted by atomic mass is 32.2. The van der Waals surface area contributed by atoms with Crippen LogP contribution in [-0.2, 0) is 27.4 Å². The van der Waals surface area contributed by atoms with Crippen molar-refractivity contribution >= 4 is 34.7 Å². The van der Waals surface area contributed by atoms with E-state index in [1.807, 2.05) is 29.4 Å². The molecule has 2 N–H and O–H groups in total. The molecular weight excluding hydrogens is 460 g/mol. The Labute approximate surface area is 212 Å². The molecule has 1 saturated carbocycles. The summed E-state index contributed by atoms with van der Waals surface area (Å²) < 4.78 is 15.0. The molecule has 0 radical (unpaired) electrons. The largest absolute Gasteiger partial charge is 0.598 e. The predicted molar refractivity (Wildman–Crippen MR) is 142 cm³/mol. The van der Waals surface area contributed by atoms with Gasteiger partial charge in [0, 0.05) is 49.4 Å². The van der Waals surface area contributed by atoms with Crippen molar-refractivity contribution in [2.24, 2.45) is 16.8 Å². The summed E-state index contributed by atoms with van der Waals surface area (Å²) in [5, 5.41) is 5.95. The average molecular weight is 501 g/mol. The lowest BCUT2D eigenvalue weighted by molar-refractivity contribution is -0.125. The topological polar surface area (TPSA) is 96.9 Å². The molecule has 2 aliphatic heterocycles. The number of hydrogen-bond donors (Lipinski definition) is 2. The molecule has 3 aliphatic rings. The second kappa shape index (κ2) is 11.4. The van der Waals surface area contributed by atoms with Crippen molar-refractivity contribution < 1.29 is 14.1 Å². The summed E-state index contributed by atoms with van der Waals surface area (Å²) in [5.41, 5.74) is 2.34. The maximum absolute atomic E-state index is 13.0. The molecule has 0 bridgehead atoms. The number of amidine groups is 1. The lowest BCUT2D eigenvalue weighted by Gasteiger charge is -2.35. The van der Waals surface area contributed by atoms with Gasteiger partial charge in [0.15, 0.2) is 0 Å². The summed E-state index contributed by atoms with van der Waals surface area (Å²) in [5.74, 6) is 2.57. The zero-order chi connectivity index (χ0) is 25.0. The number of hydrogen-bond acceptors (Lipinski definition) is 5. The van der Waals surface area contributed by atoms with Gasteiger partial charge in [0.2, 0.25) is 5.91 Å². The van der Waals surface area contributed by atoms with Gasteiger partial charge in [0.1, 0.15) is 17.1 Å². The molecular formula is C27H40N4O3S. The summed E-state index contributed by atoms with van der Waals surface area (Å²) in [4.78, 5) is 29.2. The normalized spacial score (nSPS) is 25.3. The van der Waals surface area contributed by atoms with E-state index in [0.717, 1.165) is 41.4 Å². The molecule has 2 amide bonds. The van der Waals surface area contributed by atoms with Gasteiger partial charge >= 0.3 is 0 Å². The number of carbonyl (C=O) groups is 2. The molecule has 1 aliphatic carbocycles. The lowest BCUT2D eigenvalue weighted by atomic mass is 9.79. The molecule has 7 nitrogen and oxygen atoms in total. The Morgan fingerprint density at radius 1 is 1.31 bits per heavy atom. The fourth-order valence-corrected chi connectivity index (χ4v) is 7.17. The molecule has 1 spiro atoms. The summed E-state index contributed by atoms with van der Waals surface area (Å²) in [6.07, 6.45) is 9.24. The first kappa shape index (κ1) is 26.2. The van der Waals surface area contributed by atoms with Crippen LogP contribution in [0.2, 0.25) is 0 Å². The van der Waals surface area contributed by atoms with E-state index in [9.17, 15) is 14.1 Å². The third-order valence-corrected chi connectivity index (χ3v) is 9.41. The van der Waals surface area contributed by atoms with Crippen LogP contribution >= 0.6 is 0 Å². The summed E-state index contributed by atoms with van der Waals surface area (Å²) in [6.45, 7) is 7.01. The monoisotopic (exact) mass is 500 g/mol. The fraction of sp³-hybridized carbons (Fsp3) is 0.667. The Morgan fingerprint density at radius 2 is 2.09 bits per heavy atom. The van der Waals surface area contributed by atoms with Crippen LogP contribution in [0.4, 0.5) is 5.69 Å². The van der Waals surface area contributed by atoms with Crippen LogP contribution < -0.4 is 10.6 Å². The van der Waals surface area contributed by atoms with Crippen LogP contribution in [0.25, 0.3) is 0 Å². The minimum Gasteiger partial charge on any atom is -0.598 e. The predicted octanol–water partition coefficient (Wildman–Crippen LogP) is 4.13. The van der Waals surface area contributed by atoms with Gasteiger partial charge in [0.05, 0.1) is 0 Å². The molecule has 1 unspecified atom stereocenters. The van der Waals surface area contributed by atoms with Gasteiger partial charge in [-0.25, -0.2) is 0 Å². The van der Waals surface area contributed by atoms with Gasteiger partial charge in [0.25, 0.3) is 5.91 Å². The number of anilines is 1. The van der Waals surface area contributed by atoms with Crippen molar-refractivity contribution in [1.29, 1.82) is 0 Å². The Morgan fingerprint density at radius 3 is 2.77 bits per heavy atom. The van der Waals surface area contributed by atoms with Crippen molar-refractivity contribution in [2.75, 3.05) is 24.2 Å². The molecule has 1 aromatic carbocycles. The number of benzene rings is 1. The Kier molecular flexibility index (Phi) is 8.55. The molecule has 35 heavy (non-hydrogen) atoms. The third-order valence-electron chi connectivity index (χ3n) is 7.91. The quantitative estimate of drug-likeness (QED) is 0.525. The van der Waals surface area contributed by atoms with Crippen molar-refractivity contribution in [3.05, 3.63) is 29.3 Å². The maximum Gasteiger partial charge on any atom is 0.253 e. The van der Waals surface area contributed by atoms with Gasteiger partial charge in [-0.3, -0.25) is 14.6 Å². The highest BCUT2D eigenvalue weighted by Gasteiger charge is 2.48. The molecule has 2 fully saturated rings. The second-order valence-corrected chi connectivity index (χ2v) is 12.1. The number of nitrogens with zero attached hydrogens (tertiary/aromatic N) is 2. The smallest absolute Gasteiger partial charge is 0.253 e. The molecule has 1 saturated heterocycles. The SMILES string of the molecule is CCC[C@@H]1CCC[C@H](C2=NC3(CCN([S+]([O-])CCc4ccc(NC(C)=O)cc4C)CC3)C(=O)N2)C1. The van der Waals surface area contributed by atoms with E-state index in [1.165, 1.54) is 32.6 Å². The number of aryl methyl sites for hydroxylation is 2. The van der Waals surface area contributed by atoms with Gasteiger partial charge in [-0.2, -0.15) is 0 Å². The molecule has 8 heteroatoms. The van der Waals surface area contributed by atoms with Crippen LogP contribution in [0, 0.1) is 18.8 Å². The molecule has 4 rings (SSSR count). The van der Waals surface area contributed by atoms with E-state index in [-0.39, 0.29) is 11.8 Å². The average Bonchev–Trinajstić information content (AvgIpc) is 3.14. The first-order valence-electron chi connectivity index (χ1n) is 13.2. The van der Waals surface area contributed by atoms with E-state index >= 15 is 0 Å². The zero-order valence-corrected chi connectivity index (χ0v) is 22.2. The first-order chi connectivity index (χ1) is 16.8. The number of aliphatic imine (C=N–C) groups is 1. The maximum atomic E-state index is 13.0. The number of rotatable bonds is 8. The van der Waals surface area contributed by atoms with E-state index in [4.69, 9.17) is 4.99 Å². The van der Waals surface area contributed by atoms with Gasteiger partial charge < -0.3 is 15.2 Å². The molecule has 1 aromatic rings. The van der Waals surface area contributed by atoms with Crippen LogP contribution in [0.1, 0.15) is 76.3 Å². The second-order valence-electron chi connectivity index (χ2n) is 10.5. The number of amides is 2. The van der Waals surface area contributed by atoms with Crippen LogP contribution in [0.5, 0.6) is 0 Å². The Balaban J connectivity index is 1.30. The highest BCUT2D eigenvalue weighted by molar-refractivity contribution is 7.89. The van der Waals surface area contributed by atoms with Crippen LogP contribution in [-0.4, -0.2) is 50.9 Å². The van der Waals surface area contributed by atoms with Crippen molar-refractivity contribution in [3.63, 3.8) is 0 Å². The summed E-state index contributed by atoms with van der Waals surface area (Å²) >= 11 is -1.09. The van der Waals surface area contributed by atoms with Crippen molar-refractivity contribution in [1.82, 2.24) is 9.62 Å². The standard InChI is InChI=1S/C27H40N4O3S/c1-4-6-21-7-5-8-23(18-21)25-29-26(33)27(30-25)12-14-31(15-13-27)35(34)16-11-22-9-10-24(17-19(22)2)28-20(3)32/h9-10,17,21,23H,4-8,11-16,18H2,1-3H3,(H,28,32)(H,29,30,33)/t21-,23+,35?/m1/s1. The zero-order valence-electron chi connectivity index (χ0n) is 21.4. The highest BCUT2D eigenvalue weighted by Crippen LogP contribution is 2.37. The Bertz CT molecular complexity index is 956. The minimum atomic E-state index is -1.09. The van der Waals surface area contributed by atoms with E-state index in [2.05, 4.69) is 17.6 Å². The number of piperidine rings is 1. The summed E-state index contributed by atoms with van der Waals surface area (Å²) in [6, 6.07) is 5.84. The Hall–Kier alpha value is -1.90. The van der Waals surface area contributed by atoms with Crippen LogP contribution in [0.3, 0.4) is 0 Å². The van der Waals surface area contributed by atoms with E-state index in [0.29, 0.717) is 44.0 Å². The minimum absolute atomic E-state index is 0.0467. The van der Waals surface area contributed by atoms with E-state index < -0.39 is 16.9 Å². The number of carbonyl (C=O) groups excluding carboxylic acids is 2. The first-order valence-corrected chi connectivity index (χ1v) is 14.5. The van der Waals surface area contributed by atoms with E-state index in [1.54, 1.807) is 0 Å². The van der Waals surface area contributed by atoms with Gasteiger partial charge in [-0.15, -0.1) is 4.31 Å². The molecule has 192 valence electrons. The molecule has 0 aromatic heterocycles. The molecule has 3 atom stereocenters.